The van der Waals surface area contributed by atoms with Crippen molar-refractivity contribution in [3.8, 4) is 0 Å². The maximum Gasteiger partial charge on any atom is 0.0621 e. The lowest BCUT2D eigenvalue weighted by molar-refractivity contribution is -0.00629. The van der Waals surface area contributed by atoms with E-state index in [1.165, 1.54) is 32.4 Å². The van der Waals surface area contributed by atoms with E-state index in [0.29, 0.717) is 12.0 Å². The van der Waals surface area contributed by atoms with Gasteiger partial charge in [-0.1, -0.05) is 6.92 Å². The predicted molar refractivity (Wildman–Crippen MR) is 61.7 cm³/mol. The van der Waals surface area contributed by atoms with Crippen molar-refractivity contribution in [3.05, 3.63) is 0 Å². The normalized spacial score (nSPS) is 39.2. The van der Waals surface area contributed by atoms with Crippen LogP contribution in [0.2, 0.25) is 0 Å². The van der Waals surface area contributed by atoms with Gasteiger partial charge in [-0.25, -0.2) is 0 Å². The van der Waals surface area contributed by atoms with Gasteiger partial charge in [-0.2, -0.15) is 0 Å². The van der Waals surface area contributed by atoms with Crippen LogP contribution in [0.25, 0.3) is 0 Å². The van der Waals surface area contributed by atoms with E-state index in [-0.39, 0.29) is 0 Å². The van der Waals surface area contributed by atoms with Crippen molar-refractivity contribution in [3.63, 3.8) is 0 Å². The minimum Gasteiger partial charge on any atom is -0.380 e. The standard InChI is InChI=1S/C12H24N2O/c1-10-4-5-14(8-11(10)7-13)12-3-2-6-15-9-12/h10-12H,2-9,13H2,1H3. The van der Waals surface area contributed by atoms with Crippen molar-refractivity contribution in [2.75, 3.05) is 32.8 Å². The number of likely N-dealkylation sites (tertiary alicyclic amines) is 1. The number of ether oxygens (including phenoxy) is 1. The number of rotatable bonds is 2. The Morgan fingerprint density at radius 3 is 2.93 bits per heavy atom. The lowest BCUT2D eigenvalue weighted by Crippen LogP contribution is -2.49. The van der Waals surface area contributed by atoms with Crippen molar-refractivity contribution in [1.82, 2.24) is 4.90 Å². The number of hydrogen-bond donors (Lipinski definition) is 1. The number of nitrogens with two attached hydrogens (primary N) is 1. The van der Waals surface area contributed by atoms with E-state index in [0.717, 1.165) is 25.7 Å². The van der Waals surface area contributed by atoms with E-state index in [1.54, 1.807) is 0 Å². The summed E-state index contributed by atoms with van der Waals surface area (Å²) in [6, 6.07) is 0.667. The molecule has 0 aromatic heterocycles. The van der Waals surface area contributed by atoms with Gasteiger partial charge in [-0.15, -0.1) is 0 Å². The van der Waals surface area contributed by atoms with Crippen molar-refractivity contribution in [1.29, 1.82) is 0 Å². The van der Waals surface area contributed by atoms with Gasteiger partial charge < -0.3 is 10.5 Å². The summed E-state index contributed by atoms with van der Waals surface area (Å²) in [6.45, 7) is 7.50. The first-order valence-corrected chi connectivity index (χ1v) is 6.33. The van der Waals surface area contributed by atoms with E-state index < -0.39 is 0 Å². The Kier molecular flexibility index (Phi) is 4.00. The van der Waals surface area contributed by atoms with Crippen LogP contribution >= 0.6 is 0 Å². The van der Waals surface area contributed by atoms with Crippen molar-refractivity contribution < 1.29 is 4.74 Å². The molecule has 3 atom stereocenters. The topological polar surface area (TPSA) is 38.5 Å². The van der Waals surface area contributed by atoms with E-state index in [2.05, 4.69) is 11.8 Å². The molecule has 2 saturated heterocycles. The van der Waals surface area contributed by atoms with Crippen LogP contribution in [-0.4, -0.2) is 43.8 Å². The monoisotopic (exact) mass is 212 g/mol. The Bertz CT molecular complexity index is 192. The van der Waals surface area contributed by atoms with Crippen LogP contribution in [0.1, 0.15) is 26.2 Å². The average molecular weight is 212 g/mol. The largest absolute Gasteiger partial charge is 0.380 e. The van der Waals surface area contributed by atoms with Gasteiger partial charge in [0, 0.05) is 19.2 Å². The first-order chi connectivity index (χ1) is 7.31. The van der Waals surface area contributed by atoms with Crippen LogP contribution in [0.15, 0.2) is 0 Å². The van der Waals surface area contributed by atoms with Gasteiger partial charge in [-0.05, 0) is 44.2 Å². The van der Waals surface area contributed by atoms with E-state index in [1.807, 2.05) is 0 Å². The van der Waals surface area contributed by atoms with Gasteiger partial charge in [0.1, 0.15) is 0 Å². The quantitative estimate of drug-likeness (QED) is 0.744. The SMILES string of the molecule is CC1CCN(C2CCCOC2)CC1CN. The van der Waals surface area contributed by atoms with Crippen LogP contribution in [-0.2, 0) is 4.74 Å². The number of hydrogen-bond acceptors (Lipinski definition) is 3. The summed E-state index contributed by atoms with van der Waals surface area (Å²) in [6.07, 6.45) is 3.84. The molecular formula is C12H24N2O. The van der Waals surface area contributed by atoms with E-state index in [4.69, 9.17) is 10.5 Å². The van der Waals surface area contributed by atoms with Crippen LogP contribution in [0.5, 0.6) is 0 Å². The zero-order valence-electron chi connectivity index (χ0n) is 9.82. The molecule has 2 aliphatic rings. The fourth-order valence-corrected chi connectivity index (χ4v) is 2.83. The highest BCUT2D eigenvalue weighted by molar-refractivity contribution is 4.83. The van der Waals surface area contributed by atoms with Crippen molar-refractivity contribution in [2.45, 2.75) is 32.2 Å². The molecule has 0 aliphatic carbocycles. The van der Waals surface area contributed by atoms with Gasteiger partial charge in [0.05, 0.1) is 6.61 Å². The highest BCUT2D eigenvalue weighted by atomic mass is 16.5. The summed E-state index contributed by atoms with van der Waals surface area (Å²) in [5.41, 5.74) is 5.83. The van der Waals surface area contributed by atoms with Crippen LogP contribution in [0, 0.1) is 11.8 Å². The van der Waals surface area contributed by atoms with Gasteiger partial charge in [-0.3, -0.25) is 4.90 Å². The lowest BCUT2D eigenvalue weighted by atomic mass is 9.86. The first kappa shape index (κ1) is 11.4. The number of piperidine rings is 1. The Balaban J connectivity index is 1.87. The molecular weight excluding hydrogens is 188 g/mol. The molecule has 0 amide bonds. The molecule has 2 N–H and O–H groups in total. The summed E-state index contributed by atoms with van der Waals surface area (Å²) in [5.74, 6) is 1.50. The van der Waals surface area contributed by atoms with Gasteiger partial charge >= 0.3 is 0 Å². The smallest absolute Gasteiger partial charge is 0.0621 e. The van der Waals surface area contributed by atoms with E-state index in [9.17, 15) is 0 Å². The summed E-state index contributed by atoms with van der Waals surface area (Å²) >= 11 is 0. The number of nitrogens with zero attached hydrogens (tertiary/aromatic N) is 1. The Hall–Kier alpha value is -0.120. The molecule has 0 bridgehead atoms. The van der Waals surface area contributed by atoms with Crippen molar-refractivity contribution in [2.24, 2.45) is 17.6 Å². The third-order valence-electron chi connectivity index (χ3n) is 4.10. The van der Waals surface area contributed by atoms with E-state index >= 15 is 0 Å². The third-order valence-corrected chi connectivity index (χ3v) is 4.10. The Labute approximate surface area is 93.0 Å². The lowest BCUT2D eigenvalue weighted by Gasteiger charge is -2.42. The zero-order chi connectivity index (χ0) is 10.7. The molecule has 3 nitrogen and oxygen atoms in total. The second kappa shape index (κ2) is 5.28. The molecule has 0 radical (unpaired) electrons. The van der Waals surface area contributed by atoms with Crippen LogP contribution in [0.3, 0.4) is 0 Å². The second-order valence-corrected chi connectivity index (χ2v) is 5.13. The Morgan fingerprint density at radius 2 is 2.27 bits per heavy atom. The van der Waals surface area contributed by atoms with Crippen LogP contribution in [0.4, 0.5) is 0 Å². The molecule has 88 valence electrons. The minimum absolute atomic E-state index is 0.667. The Morgan fingerprint density at radius 1 is 1.40 bits per heavy atom. The van der Waals surface area contributed by atoms with Gasteiger partial charge in [0.2, 0.25) is 0 Å². The first-order valence-electron chi connectivity index (χ1n) is 6.33. The summed E-state index contributed by atoms with van der Waals surface area (Å²) in [7, 11) is 0. The zero-order valence-corrected chi connectivity index (χ0v) is 9.82. The van der Waals surface area contributed by atoms with Gasteiger partial charge in [0.15, 0.2) is 0 Å². The molecule has 0 saturated carbocycles. The second-order valence-electron chi connectivity index (χ2n) is 5.13. The maximum absolute atomic E-state index is 5.83. The fraction of sp³-hybridized carbons (Fsp3) is 1.00. The molecule has 2 aliphatic heterocycles. The van der Waals surface area contributed by atoms with Crippen molar-refractivity contribution >= 4 is 0 Å². The fourth-order valence-electron chi connectivity index (χ4n) is 2.83. The highest BCUT2D eigenvalue weighted by Crippen LogP contribution is 2.25. The molecule has 0 spiro atoms. The molecule has 0 aromatic rings. The van der Waals surface area contributed by atoms with Gasteiger partial charge in [0.25, 0.3) is 0 Å². The highest BCUT2D eigenvalue weighted by Gasteiger charge is 2.30. The average Bonchev–Trinajstić information content (AvgIpc) is 2.31. The summed E-state index contributed by atoms with van der Waals surface area (Å²) < 4.78 is 5.56. The maximum atomic E-state index is 5.83. The molecule has 2 rings (SSSR count). The molecule has 3 heteroatoms. The predicted octanol–water partition coefficient (Wildman–Crippen LogP) is 1.08. The molecule has 2 fully saturated rings. The molecule has 2 heterocycles. The molecule has 0 aromatic carbocycles. The minimum atomic E-state index is 0.667. The third kappa shape index (κ3) is 2.71. The summed E-state index contributed by atoms with van der Waals surface area (Å²) in [4.78, 5) is 2.61. The summed E-state index contributed by atoms with van der Waals surface area (Å²) in [5, 5.41) is 0. The van der Waals surface area contributed by atoms with Crippen LogP contribution < -0.4 is 5.73 Å². The molecule has 15 heavy (non-hydrogen) atoms. The molecule has 3 unspecified atom stereocenters.